The summed E-state index contributed by atoms with van der Waals surface area (Å²) < 4.78 is 4.38. The van der Waals surface area contributed by atoms with Gasteiger partial charge in [0.2, 0.25) is 5.91 Å². The molecule has 0 aromatic rings. The summed E-state index contributed by atoms with van der Waals surface area (Å²) in [6.45, 7) is 2.64. The van der Waals surface area contributed by atoms with Gasteiger partial charge in [-0.3, -0.25) is 19.2 Å². The Morgan fingerprint density at radius 2 is 1.71 bits per heavy atom. The number of nitrogens with one attached hydrogen (secondary N) is 1. The summed E-state index contributed by atoms with van der Waals surface area (Å²) in [4.78, 5) is 44.2. The van der Waals surface area contributed by atoms with Crippen LogP contribution in [0.4, 0.5) is 0 Å². The van der Waals surface area contributed by atoms with Crippen molar-refractivity contribution < 1.29 is 23.9 Å². The van der Waals surface area contributed by atoms with Crippen LogP contribution in [0.2, 0.25) is 0 Å². The molecule has 0 saturated heterocycles. The van der Waals surface area contributed by atoms with Crippen LogP contribution in [0.1, 0.15) is 33.1 Å². The molecule has 0 fully saturated rings. The van der Waals surface area contributed by atoms with E-state index >= 15 is 0 Å². The van der Waals surface area contributed by atoms with Crippen molar-refractivity contribution in [3.8, 4) is 0 Å². The first-order valence-electron chi connectivity index (χ1n) is 5.23. The van der Waals surface area contributed by atoms with Crippen LogP contribution in [0, 0.1) is 0 Å². The minimum atomic E-state index is -0.808. The highest BCUT2D eigenvalue weighted by atomic mass is 16.5. The summed E-state index contributed by atoms with van der Waals surface area (Å²) in [5, 5.41) is 2.41. The Balaban J connectivity index is 4.17. The molecule has 0 saturated carbocycles. The van der Waals surface area contributed by atoms with Gasteiger partial charge in [-0.1, -0.05) is 0 Å². The molecule has 6 nitrogen and oxygen atoms in total. The molecule has 1 amide bonds. The SMILES string of the molecule is COC(=O)CCC(=O)NC(CC(C)=O)C(C)=O. The second-order valence-electron chi connectivity index (χ2n) is 3.71. The summed E-state index contributed by atoms with van der Waals surface area (Å²) in [5.41, 5.74) is 0. The Morgan fingerprint density at radius 1 is 1.12 bits per heavy atom. The van der Waals surface area contributed by atoms with Crippen LogP contribution in [0.15, 0.2) is 0 Å². The van der Waals surface area contributed by atoms with E-state index in [4.69, 9.17) is 0 Å². The van der Waals surface area contributed by atoms with E-state index in [-0.39, 0.29) is 30.8 Å². The third kappa shape index (κ3) is 7.21. The molecule has 0 aliphatic rings. The van der Waals surface area contributed by atoms with Crippen molar-refractivity contribution in [1.82, 2.24) is 5.32 Å². The van der Waals surface area contributed by atoms with Gasteiger partial charge in [0.25, 0.3) is 0 Å². The molecule has 0 aromatic carbocycles. The summed E-state index contributed by atoms with van der Waals surface area (Å²) in [5.74, 6) is -1.41. The Hall–Kier alpha value is -1.72. The van der Waals surface area contributed by atoms with Gasteiger partial charge in [-0.25, -0.2) is 0 Å². The Kier molecular flexibility index (Phi) is 6.77. The molecule has 1 N–H and O–H groups in total. The third-order valence-electron chi connectivity index (χ3n) is 2.10. The van der Waals surface area contributed by atoms with Crippen LogP contribution in [0.25, 0.3) is 0 Å². The maximum absolute atomic E-state index is 11.4. The molecule has 0 aliphatic carbocycles. The van der Waals surface area contributed by atoms with Crippen LogP contribution in [0.3, 0.4) is 0 Å². The first-order chi connectivity index (χ1) is 7.86. The first kappa shape index (κ1) is 15.3. The summed E-state index contributed by atoms with van der Waals surface area (Å²) in [7, 11) is 1.23. The van der Waals surface area contributed by atoms with E-state index in [1.54, 1.807) is 0 Å². The van der Waals surface area contributed by atoms with Crippen molar-refractivity contribution in [2.24, 2.45) is 0 Å². The highest BCUT2D eigenvalue weighted by Gasteiger charge is 2.19. The minimum Gasteiger partial charge on any atom is -0.469 e. The topological polar surface area (TPSA) is 89.5 Å². The number of hydrogen-bond acceptors (Lipinski definition) is 5. The number of ether oxygens (including phenoxy) is 1. The maximum Gasteiger partial charge on any atom is 0.306 e. The van der Waals surface area contributed by atoms with Gasteiger partial charge >= 0.3 is 5.97 Å². The maximum atomic E-state index is 11.4. The predicted octanol–water partition coefficient (Wildman–Crippen LogP) is -0.00750. The summed E-state index contributed by atoms with van der Waals surface area (Å²) in [6.07, 6.45) is -0.138. The second-order valence-corrected chi connectivity index (χ2v) is 3.71. The van der Waals surface area contributed by atoms with E-state index in [0.29, 0.717) is 0 Å². The number of esters is 1. The van der Waals surface area contributed by atoms with Gasteiger partial charge < -0.3 is 10.1 Å². The quantitative estimate of drug-likeness (QED) is 0.635. The number of rotatable bonds is 7. The third-order valence-corrected chi connectivity index (χ3v) is 2.10. The fourth-order valence-corrected chi connectivity index (χ4v) is 1.17. The number of hydrogen-bond donors (Lipinski definition) is 1. The zero-order valence-electron chi connectivity index (χ0n) is 10.2. The Morgan fingerprint density at radius 3 is 2.12 bits per heavy atom. The van der Waals surface area contributed by atoms with Crippen molar-refractivity contribution in [2.45, 2.75) is 39.2 Å². The van der Waals surface area contributed by atoms with E-state index in [1.165, 1.54) is 21.0 Å². The van der Waals surface area contributed by atoms with E-state index < -0.39 is 17.9 Å². The molecule has 0 radical (unpaired) electrons. The van der Waals surface area contributed by atoms with Crippen molar-refractivity contribution >= 4 is 23.4 Å². The largest absolute Gasteiger partial charge is 0.469 e. The van der Waals surface area contributed by atoms with Crippen LogP contribution in [-0.2, 0) is 23.9 Å². The molecule has 1 unspecified atom stereocenters. The zero-order valence-corrected chi connectivity index (χ0v) is 10.2. The molecular formula is C11H17NO5. The highest BCUT2D eigenvalue weighted by Crippen LogP contribution is 1.98. The second kappa shape index (κ2) is 7.54. The van der Waals surface area contributed by atoms with Crippen LogP contribution in [-0.4, -0.2) is 36.6 Å². The van der Waals surface area contributed by atoms with Gasteiger partial charge in [0.1, 0.15) is 5.78 Å². The highest BCUT2D eigenvalue weighted by molar-refractivity contribution is 5.92. The number of methoxy groups -OCH3 is 1. The number of Topliss-reactive ketones (excluding diaryl/α,β-unsaturated/α-hetero) is 2. The van der Waals surface area contributed by atoms with E-state index in [9.17, 15) is 19.2 Å². The molecular weight excluding hydrogens is 226 g/mol. The van der Waals surface area contributed by atoms with E-state index in [0.717, 1.165) is 0 Å². The minimum absolute atomic E-state index is 0.0285. The van der Waals surface area contributed by atoms with Crippen molar-refractivity contribution in [1.29, 1.82) is 0 Å². The summed E-state index contributed by atoms with van der Waals surface area (Å²) >= 11 is 0. The van der Waals surface area contributed by atoms with Crippen LogP contribution >= 0.6 is 0 Å². The molecule has 0 spiro atoms. The van der Waals surface area contributed by atoms with Crippen molar-refractivity contribution in [3.63, 3.8) is 0 Å². The molecule has 0 heterocycles. The standard InChI is InChI=1S/C11H17NO5/c1-7(13)6-9(8(2)14)12-10(15)4-5-11(16)17-3/h9H,4-6H2,1-3H3,(H,12,15). The van der Waals surface area contributed by atoms with E-state index in [2.05, 4.69) is 10.1 Å². The fraction of sp³-hybridized carbons (Fsp3) is 0.636. The molecule has 0 aromatic heterocycles. The summed E-state index contributed by atoms with van der Waals surface area (Å²) in [6, 6.07) is -0.808. The van der Waals surface area contributed by atoms with Gasteiger partial charge in [0.15, 0.2) is 5.78 Å². The molecule has 96 valence electrons. The molecule has 0 bridgehead atoms. The zero-order chi connectivity index (χ0) is 13.4. The van der Waals surface area contributed by atoms with Crippen molar-refractivity contribution in [3.05, 3.63) is 0 Å². The lowest BCUT2D eigenvalue weighted by Gasteiger charge is -2.13. The lowest BCUT2D eigenvalue weighted by atomic mass is 10.1. The Bertz CT molecular complexity index is 324. The molecule has 17 heavy (non-hydrogen) atoms. The molecule has 0 rings (SSSR count). The lowest BCUT2D eigenvalue weighted by molar-refractivity contribution is -0.142. The predicted molar refractivity (Wildman–Crippen MR) is 59.2 cm³/mol. The molecule has 0 aliphatic heterocycles. The fourth-order valence-electron chi connectivity index (χ4n) is 1.17. The molecule has 1 atom stereocenters. The monoisotopic (exact) mass is 243 g/mol. The van der Waals surface area contributed by atoms with E-state index in [1.807, 2.05) is 0 Å². The molecule has 6 heteroatoms. The average molecular weight is 243 g/mol. The van der Waals surface area contributed by atoms with Crippen molar-refractivity contribution in [2.75, 3.05) is 7.11 Å². The first-order valence-corrected chi connectivity index (χ1v) is 5.23. The number of carbonyl (C=O) groups is 4. The normalized spacial score (nSPS) is 11.5. The number of ketones is 2. The Labute approximate surface area is 99.7 Å². The smallest absolute Gasteiger partial charge is 0.306 e. The number of amides is 1. The van der Waals surface area contributed by atoms with Gasteiger partial charge in [-0.05, 0) is 13.8 Å². The number of carbonyl (C=O) groups excluding carboxylic acids is 4. The van der Waals surface area contributed by atoms with Crippen LogP contribution in [0.5, 0.6) is 0 Å². The average Bonchev–Trinajstić information content (AvgIpc) is 2.24. The lowest BCUT2D eigenvalue weighted by Crippen LogP contribution is -2.41. The van der Waals surface area contributed by atoms with Gasteiger partial charge in [-0.2, -0.15) is 0 Å². The van der Waals surface area contributed by atoms with Gasteiger partial charge in [-0.15, -0.1) is 0 Å². The van der Waals surface area contributed by atoms with Gasteiger partial charge in [0.05, 0.1) is 19.6 Å². The van der Waals surface area contributed by atoms with Crippen LogP contribution < -0.4 is 5.32 Å². The van der Waals surface area contributed by atoms with Gasteiger partial charge in [0, 0.05) is 12.8 Å².